The van der Waals surface area contributed by atoms with Crippen LogP contribution >= 0.6 is 0 Å². The number of nitrogens with zero attached hydrogens (tertiary/aromatic N) is 2. The number of pyridine rings is 1. The van der Waals surface area contributed by atoms with Crippen LogP contribution in [0.5, 0.6) is 0 Å². The van der Waals surface area contributed by atoms with E-state index >= 15 is 4.79 Å². The van der Waals surface area contributed by atoms with E-state index in [0.29, 0.717) is 5.56 Å². The number of esters is 1. The molecule has 1 fully saturated rings. The lowest BCUT2D eigenvalue weighted by Crippen LogP contribution is -2.64. The summed E-state index contributed by atoms with van der Waals surface area (Å²) in [5, 5.41) is 68.2. The number of hydrogen-bond acceptors (Lipinski definition) is 20. The quantitative estimate of drug-likeness (QED) is 0.0213. The van der Waals surface area contributed by atoms with Crippen molar-refractivity contribution in [3.8, 4) is 0 Å². The molecule has 0 radical (unpaired) electrons. The summed E-state index contributed by atoms with van der Waals surface area (Å²) >= 11 is 0. The smallest absolute Gasteiger partial charge is 0.331 e. The number of carbonyl (C=O) groups is 12. The zero-order valence-electron chi connectivity index (χ0n) is 53.8. The Labute approximate surface area is 539 Å². The van der Waals surface area contributed by atoms with Gasteiger partial charge in [0.25, 0.3) is 0 Å². The van der Waals surface area contributed by atoms with Crippen LogP contribution in [0.4, 0.5) is 0 Å². The van der Waals surface area contributed by atoms with Crippen LogP contribution < -0.4 is 76.1 Å². The van der Waals surface area contributed by atoms with Crippen LogP contribution in [0.3, 0.4) is 0 Å². The van der Waals surface area contributed by atoms with Crippen LogP contribution in [0.1, 0.15) is 112 Å². The van der Waals surface area contributed by atoms with Crippen molar-refractivity contribution < 1.29 is 82.7 Å². The Kier molecular flexibility index (Phi) is 32.2. The molecule has 0 aliphatic carbocycles. The lowest BCUT2D eigenvalue weighted by molar-refractivity contribution is -0.159. The first kappa shape index (κ1) is 78.3. The van der Waals surface area contributed by atoms with E-state index in [4.69, 9.17) is 27.7 Å². The molecule has 15 atom stereocenters. The third-order valence-corrected chi connectivity index (χ3v) is 14.9. The SMILES string of the molecule is CC[C@H](C)C1NC(=O)[C@@H](CCCN=C(N)N)NC(=O)[C@H](CC(C)C)NC(=O)[C@H]([C@H](O)C(C)C)NC(=O)[C@@H](NC(=O)[C@H](CC(C)C)NC(=O)[C@H](N)Cc2cccnc2)[C@@H](c2ccccc2)OC(=O)[C@H](CO)NC(=O)[C@H]([C@H](O)C(N)=O)NC(=O)CNC(=O)C([C@H](C)O)NC1=O. The van der Waals surface area contributed by atoms with Crippen molar-refractivity contribution in [2.75, 3.05) is 19.7 Å². The van der Waals surface area contributed by atoms with Crippen molar-refractivity contribution in [3.63, 3.8) is 0 Å². The molecule has 3 rings (SSSR count). The fourth-order valence-electron chi connectivity index (χ4n) is 9.50. The fourth-order valence-corrected chi connectivity index (χ4v) is 9.50. The Hall–Kier alpha value is -8.92. The molecule has 22 N–H and O–H groups in total. The Morgan fingerprint density at radius 3 is 1.84 bits per heavy atom. The van der Waals surface area contributed by atoms with E-state index in [-0.39, 0.29) is 62.5 Å². The standard InChI is InChI=1S/C60H94N16O17/c1-10-31(8)41-55(88)74-42(32(9)78)54(87)67-26-40(79)72-44(47(81)49(62)82)57(90)71-39(27-77)59(92)93-48(34-17-12-11-13-18-34)45(76-53(86)38(23-29(4)5)69-50(83)35(61)24-33-16-14-20-65-25-33)58(91)75-43(46(80)30(6)7)56(89)70-37(22-28(2)3)52(85)68-36(51(84)73-41)19-15-21-66-60(63)64/h11-14,16-18,20,25,28-32,35-39,41-48,77-78,80-81H,10,15,19,21-24,26-27,61H2,1-9H3,(H2,62,82)(H,67,87)(H,68,85)(H,69,83)(H,70,89)(H,71,90)(H,72,79)(H,73,84)(H,74,88)(H,75,91)(H,76,86)(H4,63,64,66)/t31-,32-,35+,36+,37-,38-,39-,41?,42?,43-,44-,45-,46+,47-,48+/m0/s1. The normalized spacial score (nSPS) is 24.2. The number of nitrogens with two attached hydrogens (primary N) is 4. The molecule has 11 amide bonds. The van der Waals surface area contributed by atoms with E-state index in [2.05, 4.69) is 52.5 Å². The minimum absolute atomic E-state index is 0.0237. The Balaban J connectivity index is 2.40. The molecule has 33 nitrogen and oxygen atoms in total. The van der Waals surface area contributed by atoms with Gasteiger partial charge in [0.1, 0.15) is 48.3 Å². The van der Waals surface area contributed by atoms with Crippen molar-refractivity contribution in [1.82, 2.24) is 58.2 Å². The molecule has 1 aromatic carbocycles. The van der Waals surface area contributed by atoms with Crippen molar-refractivity contribution in [3.05, 3.63) is 66.0 Å². The zero-order chi connectivity index (χ0) is 70.0. The minimum Gasteiger partial charge on any atom is -0.453 e. The lowest BCUT2D eigenvalue weighted by atomic mass is 9.95. The highest BCUT2D eigenvalue weighted by Gasteiger charge is 2.44. The molecular formula is C60H94N16O17. The van der Waals surface area contributed by atoms with Gasteiger partial charge in [-0.2, -0.15) is 0 Å². The van der Waals surface area contributed by atoms with E-state index < -0.39 is 187 Å². The van der Waals surface area contributed by atoms with E-state index in [9.17, 15) is 73.2 Å². The van der Waals surface area contributed by atoms with Gasteiger partial charge in [0.2, 0.25) is 65.0 Å². The minimum atomic E-state index is -2.58. The predicted molar refractivity (Wildman–Crippen MR) is 335 cm³/mol. The first-order chi connectivity index (χ1) is 43.7. The summed E-state index contributed by atoms with van der Waals surface area (Å²) in [4.78, 5) is 179. The third-order valence-electron chi connectivity index (χ3n) is 14.9. The van der Waals surface area contributed by atoms with Gasteiger partial charge in [-0.25, -0.2) is 4.79 Å². The molecule has 1 aliphatic heterocycles. The van der Waals surface area contributed by atoms with E-state index in [1.807, 2.05) is 10.6 Å². The lowest BCUT2D eigenvalue weighted by Gasteiger charge is -2.33. The van der Waals surface area contributed by atoms with Crippen LogP contribution in [-0.4, -0.2) is 201 Å². The van der Waals surface area contributed by atoms with Crippen LogP contribution in [0.2, 0.25) is 0 Å². The molecule has 516 valence electrons. The largest absolute Gasteiger partial charge is 0.453 e. The monoisotopic (exact) mass is 1310 g/mol. The Morgan fingerprint density at radius 1 is 0.688 bits per heavy atom. The maximum Gasteiger partial charge on any atom is 0.331 e. The molecule has 1 saturated heterocycles. The highest BCUT2D eigenvalue weighted by molar-refractivity contribution is 6.00. The highest BCUT2D eigenvalue weighted by Crippen LogP contribution is 2.25. The van der Waals surface area contributed by atoms with Crippen LogP contribution in [-0.2, 0) is 68.7 Å². The molecule has 1 aliphatic rings. The second-order valence-electron chi connectivity index (χ2n) is 24.0. The number of ether oxygens (including phenoxy) is 1. The van der Waals surface area contributed by atoms with Gasteiger partial charge in [-0.05, 0) is 79.9 Å². The van der Waals surface area contributed by atoms with Gasteiger partial charge in [-0.1, -0.05) is 98.2 Å². The van der Waals surface area contributed by atoms with Gasteiger partial charge < -0.3 is 101 Å². The van der Waals surface area contributed by atoms with Crippen LogP contribution in [0, 0.1) is 23.7 Å². The Morgan fingerprint density at radius 2 is 1.28 bits per heavy atom. The van der Waals surface area contributed by atoms with Crippen LogP contribution in [0.15, 0.2) is 59.9 Å². The summed E-state index contributed by atoms with van der Waals surface area (Å²) in [5.41, 5.74) is 23.3. The van der Waals surface area contributed by atoms with E-state index in [1.54, 1.807) is 53.7 Å². The molecule has 2 aromatic rings. The number of benzene rings is 1. The van der Waals surface area contributed by atoms with E-state index in [0.717, 1.165) is 6.92 Å². The van der Waals surface area contributed by atoms with Gasteiger partial charge in [-0.3, -0.25) is 62.7 Å². The number of rotatable bonds is 23. The number of cyclic esters (lactones) is 1. The summed E-state index contributed by atoms with van der Waals surface area (Å²) in [6.45, 7) is 11.6. The molecule has 33 heteroatoms. The first-order valence-electron chi connectivity index (χ1n) is 30.6. The second-order valence-corrected chi connectivity index (χ2v) is 24.0. The number of aromatic nitrogens is 1. The average molecular weight is 1310 g/mol. The predicted octanol–water partition coefficient (Wildman–Crippen LogP) is -5.84. The molecule has 0 saturated carbocycles. The average Bonchev–Trinajstić information content (AvgIpc) is 0.857. The molecule has 0 spiro atoms. The van der Waals surface area contributed by atoms with Gasteiger partial charge in [0, 0.05) is 18.9 Å². The summed E-state index contributed by atoms with van der Waals surface area (Å²) in [6.07, 6.45) is -5.38. The summed E-state index contributed by atoms with van der Waals surface area (Å²) in [5.74, 6) is -17.4. The summed E-state index contributed by atoms with van der Waals surface area (Å²) in [6, 6.07) is -7.77. The van der Waals surface area contributed by atoms with Crippen molar-refractivity contribution in [1.29, 1.82) is 0 Å². The van der Waals surface area contributed by atoms with Gasteiger partial charge >= 0.3 is 5.97 Å². The zero-order valence-corrected chi connectivity index (χ0v) is 53.8. The molecular weight excluding hydrogens is 1220 g/mol. The number of nitrogens with one attached hydrogen (secondary N) is 10. The highest BCUT2D eigenvalue weighted by atomic mass is 16.5. The van der Waals surface area contributed by atoms with Gasteiger partial charge in [0.15, 0.2) is 24.2 Å². The number of aliphatic hydroxyl groups excluding tert-OH is 4. The number of aliphatic imine (C=N–C) groups is 1. The first-order valence-corrected chi connectivity index (χ1v) is 30.6. The Bertz CT molecular complexity index is 2900. The summed E-state index contributed by atoms with van der Waals surface area (Å²) < 4.78 is 5.94. The number of hydrogen-bond donors (Lipinski definition) is 18. The van der Waals surface area contributed by atoms with Crippen molar-refractivity contribution >= 4 is 76.9 Å². The van der Waals surface area contributed by atoms with Crippen molar-refractivity contribution in [2.45, 2.75) is 186 Å². The van der Waals surface area contributed by atoms with Crippen molar-refractivity contribution in [2.24, 2.45) is 51.6 Å². The topological polar surface area (TPSA) is 545 Å². The molecule has 1 aromatic heterocycles. The molecule has 93 heavy (non-hydrogen) atoms. The number of aliphatic hydroxyl groups is 4. The number of carbonyl (C=O) groups excluding carboxylic acids is 12. The number of primary amides is 1. The maximum atomic E-state index is 15.4. The molecule has 0 bridgehead atoms. The molecule has 2 heterocycles. The van der Waals surface area contributed by atoms with Gasteiger partial charge in [0.05, 0.1) is 31.4 Å². The van der Waals surface area contributed by atoms with Gasteiger partial charge in [-0.15, -0.1) is 0 Å². The van der Waals surface area contributed by atoms with Crippen LogP contribution in [0.25, 0.3) is 0 Å². The maximum absolute atomic E-state index is 15.4. The summed E-state index contributed by atoms with van der Waals surface area (Å²) in [7, 11) is 0. The third kappa shape index (κ3) is 25.2. The molecule has 2 unspecified atom stereocenters. The number of amides is 11. The number of guanidine groups is 1. The second kappa shape index (κ2) is 38.2. The van der Waals surface area contributed by atoms with E-state index in [1.165, 1.54) is 56.6 Å². The fraction of sp³-hybridized carbons (Fsp3) is 0.600.